The van der Waals surface area contributed by atoms with Crippen LogP contribution in [-0.4, -0.2) is 11.6 Å². The van der Waals surface area contributed by atoms with Crippen molar-refractivity contribution in [2.24, 2.45) is 5.84 Å². The van der Waals surface area contributed by atoms with E-state index in [4.69, 9.17) is 33.8 Å². The number of hydrogen-bond donors (Lipinski definition) is 2. The first-order valence-electron chi connectivity index (χ1n) is 6.72. The van der Waals surface area contributed by atoms with Crippen molar-refractivity contribution >= 4 is 23.2 Å². The summed E-state index contributed by atoms with van der Waals surface area (Å²) < 4.78 is 5.83. The number of hydrogen-bond acceptors (Lipinski definition) is 4. The van der Waals surface area contributed by atoms with Crippen LogP contribution in [0.2, 0.25) is 10.0 Å². The summed E-state index contributed by atoms with van der Waals surface area (Å²) in [6.45, 7) is 0.711. The maximum Gasteiger partial charge on any atom is 0.127 e. The van der Waals surface area contributed by atoms with Crippen molar-refractivity contribution < 1.29 is 4.74 Å². The number of para-hydroxylation sites is 1. The van der Waals surface area contributed by atoms with Gasteiger partial charge in [-0.3, -0.25) is 10.8 Å². The van der Waals surface area contributed by atoms with E-state index in [1.54, 1.807) is 12.3 Å². The Balaban J connectivity index is 2.08. The van der Waals surface area contributed by atoms with E-state index in [-0.39, 0.29) is 6.04 Å². The van der Waals surface area contributed by atoms with Gasteiger partial charge in [0.05, 0.1) is 28.4 Å². The first kappa shape index (κ1) is 14.6. The number of aromatic nitrogens is 1. The van der Waals surface area contributed by atoms with E-state index in [0.29, 0.717) is 22.3 Å². The van der Waals surface area contributed by atoms with Gasteiger partial charge >= 0.3 is 0 Å². The molecule has 1 aliphatic heterocycles. The van der Waals surface area contributed by atoms with E-state index in [1.807, 2.05) is 12.1 Å². The van der Waals surface area contributed by atoms with Crippen molar-refractivity contribution in [3.8, 4) is 5.75 Å². The van der Waals surface area contributed by atoms with Gasteiger partial charge in [-0.25, -0.2) is 5.43 Å². The number of pyridine rings is 1. The molecule has 0 amide bonds. The molecule has 1 aromatic heterocycles. The van der Waals surface area contributed by atoms with Crippen molar-refractivity contribution in [3.63, 3.8) is 0 Å². The number of nitrogens with one attached hydrogen (secondary N) is 1. The van der Waals surface area contributed by atoms with Gasteiger partial charge in [0.25, 0.3) is 0 Å². The molecule has 0 aliphatic carbocycles. The van der Waals surface area contributed by atoms with Crippen LogP contribution in [0, 0.1) is 0 Å². The molecular weight excluding hydrogens is 309 g/mol. The van der Waals surface area contributed by atoms with E-state index in [9.17, 15) is 0 Å². The molecule has 0 fully saturated rings. The Morgan fingerprint density at radius 3 is 2.95 bits per heavy atom. The Kier molecular flexibility index (Phi) is 4.31. The summed E-state index contributed by atoms with van der Waals surface area (Å²) >= 11 is 12.2. The van der Waals surface area contributed by atoms with Crippen molar-refractivity contribution in [1.29, 1.82) is 0 Å². The molecule has 0 bridgehead atoms. The number of halogens is 2. The number of ether oxygens (including phenoxy) is 1. The zero-order valence-electron chi connectivity index (χ0n) is 11.3. The zero-order chi connectivity index (χ0) is 14.8. The van der Waals surface area contributed by atoms with Crippen LogP contribution >= 0.6 is 23.2 Å². The monoisotopic (exact) mass is 323 g/mol. The van der Waals surface area contributed by atoms with Crippen LogP contribution in [0.3, 0.4) is 0 Å². The van der Waals surface area contributed by atoms with Crippen LogP contribution in [0.1, 0.15) is 29.3 Å². The van der Waals surface area contributed by atoms with E-state index < -0.39 is 0 Å². The topological polar surface area (TPSA) is 60.2 Å². The summed E-state index contributed by atoms with van der Waals surface area (Å²) in [5.74, 6) is 6.61. The Hall–Kier alpha value is -1.33. The highest BCUT2D eigenvalue weighted by molar-refractivity contribution is 6.34. The Morgan fingerprint density at radius 1 is 1.33 bits per heavy atom. The minimum atomic E-state index is -0.345. The molecule has 110 valence electrons. The van der Waals surface area contributed by atoms with E-state index in [0.717, 1.165) is 24.2 Å². The van der Waals surface area contributed by atoms with Crippen LogP contribution in [0.5, 0.6) is 5.75 Å². The number of aryl methyl sites for hydroxylation is 1. The SMILES string of the molecule is NNC(c1cccc2c1OCCC2)c1ncc(Cl)cc1Cl. The maximum atomic E-state index is 6.25. The second-order valence-electron chi connectivity index (χ2n) is 4.91. The molecule has 2 heterocycles. The molecular formula is C15H15Cl2N3O. The van der Waals surface area contributed by atoms with Gasteiger partial charge in [0.2, 0.25) is 0 Å². The van der Waals surface area contributed by atoms with Crippen LogP contribution in [0.25, 0.3) is 0 Å². The van der Waals surface area contributed by atoms with Crippen LogP contribution in [-0.2, 0) is 6.42 Å². The summed E-state index contributed by atoms with van der Waals surface area (Å²) in [7, 11) is 0. The van der Waals surface area contributed by atoms with Crippen molar-refractivity contribution in [2.75, 3.05) is 6.61 Å². The fourth-order valence-corrected chi connectivity index (χ4v) is 3.08. The highest BCUT2D eigenvalue weighted by Gasteiger charge is 2.24. The summed E-state index contributed by atoms with van der Waals surface area (Å²) in [6, 6.07) is 7.36. The largest absolute Gasteiger partial charge is 0.493 e. The average Bonchev–Trinajstić information content (AvgIpc) is 2.50. The smallest absolute Gasteiger partial charge is 0.127 e. The normalized spacial score (nSPS) is 15.2. The van der Waals surface area contributed by atoms with Crippen molar-refractivity contribution in [2.45, 2.75) is 18.9 Å². The standard InChI is InChI=1S/C15H15Cl2N3O/c16-10-7-12(17)14(19-8-10)13(20-18)11-5-1-3-9-4-2-6-21-15(9)11/h1,3,5,7-8,13,20H,2,4,6,18H2. The van der Waals surface area contributed by atoms with Crippen LogP contribution < -0.4 is 16.0 Å². The van der Waals surface area contributed by atoms with E-state index >= 15 is 0 Å². The molecule has 2 aromatic rings. The number of rotatable bonds is 3. The highest BCUT2D eigenvalue weighted by atomic mass is 35.5. The lowest BCUT2D eigenvalue weighted by Crippen LogP contribution is -2.30. The molecule has 0 saturated carbocycles. The summed E-state index contributed by atoms with van der Waals surface area (Å²) in [6.07, 6.45) is 3.59. The minimum absolute atomic E-state index is 0.345. The highest BCUT2D eigenvalue weighted by Crippen LogP contribution is 2.37. The van der Waals surface area contributed by atoms with E-state index in [2.05, 4.69) is 16.5 Å². The first-order valence-corrected chi connectivity index (χ1v) is 7.48. The molecule has 21 heavy (non-hydrogen) atoms. The van der Waals surface area contributed by atoms with Gasteiger partial charge in [-0.15, -0.1) is 0 Å². The fourth-order valence-electron chi connectivity index (χ4n) is 2.60. The molecule has 1 aliphatic rings. The van der Waals surface area contributed by atoms with E-state index in [1.165, 1.54) is 5.56 Å². The second kappa shape index (κ2) is 6.20. The molecule has 6 heteroatoms. The molecule has 1 unspecified atom stereocenters. The van der Waals surface area contributed by atoms with Gasteiger partial charge in [0.15, 0.2) is 0 Å². The Morgan fingerprint density at radius 2 is 2.19 bits per heavy atom. The lowest BCUT2D eigenvalue weighted by atomic mass is 9.96. The summed E-state index contributed by atoms with van der Waals surface area (Å²) in [5.41, 5.74) is 5.53. The Labute approximate surface area is 133 Å². The molecule has 0 saturated heterocycles. The molecule has 4 nitrogen and oxygen atoms in total. The van der Waals surface area contributed by atoms with Crippen LogP contribution in [0.15, 0.2) is 30.5 Å². The van der Waals surface area contributed by atoms with Gasteiger partial charge in [0, 0.05) is 11.8 Å². The molecule has 1 atom stereocenters. The number of nitrogens with zero attached hydrogens (tertiary/aromatic N) is 1. The molecule has 3 N–H and O–H groups in total. The second-order valence-corrected chi connectivity index (χ2v) is 5.75. The van der Waals surface area contributed by atoms with Crippen molar-refractivity contribution in [1.82, 2.24) is 10.4 Å². The fraction of sp³-hybridized carbons (Fsp3) is 0.267. The molecule has 1 aromatic carbocycles. The van der Waals surface area contributed by atoms with Gasteiger partial charge in [-0.2, -0.15) is 0 Å². The quantitative estimate of drug-likeness (QED) is 0.672. The van der Waals surface area contributed by atoms with Gasteiger partial charge in [0.1, 0.15) is 5.75 Å². The number of fused-ring (bicyclic) bond motifs is 1. The van der Waals surface area contributed by atoms with Crippen molar-refractivity contribution in [3.05, 3.63) is 57.3 Å². The Bertz CT molecular complexity index is 663. The zero-order valence-corrected chi connectivity index (χ0v) is 12.8. The lowest BCUT2D eigenvalue weighted by Gasteiger charge is -2.25. The van der Waals surface area contributed by atoms with Crippen LogP contribution in [0.4, 0.5) is 0 Å². The van der Waals surface area contributed by atoms with Gasteiger partial charge < -0.3 is 4.74 Å². The maximum absolute atomic E-state index is 6.25. The molecule has 3 rings (SSSR count). The number of nitrogens with two attached hydrogens (primary N) is 1. The lowest BCUT2D eigenvalue weighted by molar-refractivity contribution is 0.283. The third kappa shape index (κ3) is 2.85. The van der Waals surface area contributed by atoms with Gasteiger partial charge in [-0.05, 0) is 24.5 Å². The predicted octanol–water partition coefficient (Wildman–Crippen LogP) is 3.27. The first-order chi connectivity index (χ1) is 10.2. The summed E-state index contributed by atoms with van der Waals surface area (Å²) in [4.78, 5) is 4.31. The molecule has 0 radical (unpaired) electrons. The average molecular weight is 324 g/mol. The van der Waals surface area contributed by atoms with Gasteiger partial charge in [-0.1, -0.05) is 41.4 Å². The minimum Gasteiger partial charge on any atom is -0.493 e. The third-order valence-electron chi connectivity index (χ3n) is 3.55. The molecule has 0 spiro atoms. The predicted molar refractivity (Wildman–Crippen MR) is 83.7 cm³/mol. The summed E-state index contributed by atoms with van der Waals surface area (Å²) in [5, 5.41) is 0.963. The number of benzene rings is 1. The number of hydrazine groups is 1. The third-order valence-corrected chi connectivity index (χ3v) is 4.06.